The summed E-state index contributed by atoms with van der Waals surface area (Å²) in [7, 11) is 0. The number of Topliss-reactive ketones (excluding diaryl/α,β-unsaturated/α-hetero) is 1. The van der Waals surface area contributed by atoms with E-state index in [-0.39, 0.29) is 18.2 Å². The number of carbonyl (C=O) groups excluding carboxylic acids is 2. The molecule has 4 nitrogen and oxygen atoms in total. The molecule has 4 saturated carbocycles. The molecule has 5 aliphatic rings. The maximum Gasteiger partial charge on any atom is 0.334 e. The molecule has 0 radical (unpaired) electrons. The van der Waals surface area contributed by atoms with Gasteiger partial charge in [-0.05, 0) is 74.0 Å². The zero-order valence-corrected chi connectivity index (χ0v) is 22.5. The fraction of sp³-hybridized carbons (Fsp3) is 0.871. The van der Waals surface area contributed by atoms with Crippen LogP contribution < -0.4 is 0 Å². The minimum atomic E-state index is -1.39. The van der Waals surface area contributed by atoms with Crippen molar-refractivity contribution in [1.82, 2.24) is 0 Å². The highest BCUT2D eigenvalue weighted by Gasteiger charge is 2.70. The van der Waals surface area contributed by atoms with Gasteiger partial charge in [-0.15, -0.1) is 0 Å². The number of rotatable bonds is 7. The van der Waals surface area contributed by atoms with E-state index in [4.69, 9.17) is 4.74 Å². The average Bonchev–Trinajstić information content (AvgIpc) is 3.28. The summed E-state index contributed by atoms with van der Waals surface area (Å²) in [6.45, 7) is 10.9. The van der Waals surface area contributed by atoms with Crippen LogP contribution in [0.1, 0.15) is 124 Å². The van der Waals surface area contributed by atoms with Crippen LogP contribution in [-0.4, -0.2) is 28.1 Å². The van der Waals surface area contributed by atoms with Gasteiger partial charge in [-0.1, -0.05) is 65.9 Å². The lowest BCUT2D eigenvalue weighted by atomic mass is 9.42. The number of hydrogen-bond acceptors (Lipinski definition) is 4. The summed E-state index contributed by atoms with van der Waals surface area (Å²) in [5.41, 5.74) is -1.71. The molecule has 0 aromatic rings. The molecular formula is C31H48O4. The van der Waals surface area contributed by atoms with E-state index in [0.717, 1.165) is 25.2 Å². The molecule has 4 heteroatoms. The lowest BCUT2D eigenvalue weighted by molar-refractivity contribution is -0.228. The maximum atomic E-state index is 13.8. The number of unbranched alkanes of at least 4 members (excludes halogenated alkanes) is 5. The van der Waals surface area contributed by atoms with Crippen molar-refractivity contribution in [2.45, 2.75) is 135 Å². The highest BCUT2D eigenvalue weighted by Crippen LogP contribution is 2.69. The van der Waals surface area contributed by atoms with E-state index in [1.165, 1.54) is 64.2 Å². The topological polar surface area (TPSA) is 63.6 Å². The van der Waals surface area contributed by atoms with Gasteiger partial charge in [0.05, 0.1) is 0 Å². The van der Waals surface area contributed by atoms with Gasteiger partial charge in [0, 0.05) is 30.3 Å². The molecule has 196 valence electrons. The van der Waals surface area contributed by atoms with Crippen LogP contribution in [0.4, 0.5) is 0 Å². The van der Waals surface area contributed by atoms with Crippen molar-refractivity contribution >= 4 is 11.8 Å². The molecule has 1 saturated heterocycles. The largest absolute Gasteiger partial charge is 0.455 e. The zero-order valence-electron chi connectivity index (χ0n) is 22.5. The third-order valence-electron chi connectivity index (χ3n) is 12.0. The van der Waals surface area contributed by atoms with Crippen molar-refractivity contribution in [2.75, 3.05) is 0 Å². The molecule has 1 spiro atoms. The van der Waals surface area contributed by atoms with Crippen molar-refractivity contribution in [3.63, 3.8) is 0 Å². The van der Waals surface area contributed by atoms with Crippen LogP contribution in [0.5, 0.6) is 0 Å². The normalized spacial score (nSPS) is 46.9. The predicted octanol–water partition coefficient (Wildman–Crippen LogP) is 6.93. The third-order valence-corrected chi connectivity index (χ3v) is 12.0. The van der Waals surface area contributed by atoms with E-state index in [0.29, 0.717) is 41.6 Å². The Morgan fingerprint density at radius 3 is 2.43 bits per heavy atom. The Bertz CT molecular complexity index is 861. The molecule has 4 aliphatic carbocycles. The van der Waals surface area contributed by atoms with Crippen LogP contribution in [0.2, 0.25) is 0 Å². The SMILES string of the molecule is C=C1C[C@@]2(CC[C@]3(C)[C@H]4CC[C@]5(C)[C@@H](CCCCCCCC)CC[C@H]5[C@@H]4CC(=O)[C@@]3(O)C2)OC1=O. The summed E-state index contributed by atoms with van der Waals surface area (Å²) in [5, 5.41) is 12.0. The van der Waals surface area contributed by atoms with Gasteiger partial charge in [-0.3, -0.25) is 4.79 Å². The zero-order chi connectivity index (χ0) is 25.1. The summed E-state index contributed by atoms with van der Waals surface area (Å²) >= 11 is 0. The predicted molar refractivity (Wildman–Crippen MR) is 138 cm³/mol. The standard InChI is InChI=1S/C31H48O4/c1-5-6-7-8-9-10-11-22-12-13-24-23-18-26(32)31(34)20-30(19-21(2)27(33)35-30)17-16-29(31,4)25(23)14-15-28(22,24)3/h22-25,34H,2,5-20H2,1,3-4H3/t22-,23-,24-,25-,28+,29+,30+,31-/m0/s1. The Hall–Kier alpha value is -1.16. The number of ketones is 1. The molecule has 0 unspecified atom stereocenters. The summed E-state index contributed by atoms with van der Waals surface area (Å²) < 4.78 is 5.76. The van der Waals surface area contributed by atoms with Crippen LogP contribution in [0.15, 0.2) is 12.2 Å². The second kappa shape index (κ2) is 8.99. The monoisotopic (exact) mass is 484 g/mol. The quantitative estimate of drug-likeness (QED) is 0.242. The first-order chi connectivity index (χ1) is 16.6. The van der Waals surface area contributed by atoms with Crippen LogP contribution in [0.25, 0.3) is 0 Å². The Morgan fingerprint density at radius 1 is 0.971 bits per heavy atom. The number of hydrogen-bond donors (Lipinski definition) is 1. The lowest BCUT2D eigenvalue weighted by Crippen LogP contribution is -2.68. The van der Waals surface area contributed by atoms with Crippen LogP contribution in [-0.2, 0) is 14.3 Å². The van der Waals surface area contributed by atoms with Gasteiger partial charge in [0.15, 0.2) is 5.78 Å². The summed E-state index contributed by atoms with van der Waals surface area (Å²) in [6.07, 6.45) is 17.1. The Morgan fingerprint density at radius 2 is 1.71 bits per heavy atom. The molecule has 1 aliphatic heterocycles. The fourth-order valence-corrected chi connectivity index (χ4v) is 9.86. The van der Waals surface area contributed by atoms with Crippen molar-refractivity contribution in [3.05, 3.63) is 12.2 Å². The molecule has 0 amide bonds. The fourth-order valence-electron chi connectivity index (χ4n) is 9.86. The minimum Gasteiger partial charge on any atom is -0.455 e. The second-order valence-electron chi connectivity index (χ2n) is 13.7. The Labute approximate surface area is 212 Å². The van der Waals surface area contributed by atoms with Gasteiger partial charge >= 0.3 is 5.97 Å². The highest BCUT2D eigenvalue weighted by atomic mass is 16.6. The molecule has 8 atom stereocenters. The van der Waals surface area contributed by atoms with E-state index in [1.54, 1.807) is 0 Å². The van der Waals surface area contributed by atoms with E-state index in [2.05, 4.69) is 27.4 Å². The summed E-state index contributed by atoms with van der Waals surface area (Å²) in [4.78, 5) is 25.9. The van der Waals surface area contributed by atoms with Crippen molar-refractivity contribution in [3.8, 4) is 0 Å². The first kappa shape index (κ1) is 25.5. The van der Waals surface area contributed by atoms with Gasteiger partial charge in [-0.25, -0.2) is 4.79 Å². The Balaban J connectivity index is 1.30. The minimum absolute atomic E-state index is 0.0116. The molecule has 35 heavy (non-hydrogen) atoms. The third kappa shape index (κ3) is 3.87. The number of fused-ring (bicyclic) bond motifs is 5. The average molecular weight is 485 g/mol. The first-order valence-electron chi connectivity index (χ1n) is 14.8. The molecule has 1 heterocycles. The molecule has 5 rings (SSSR count). The van der Waals surface area contributed by atoms with Gasteiger partial charge in [0.1, 0.15) is 11.2 Å². The van der Waals surface area contributed by atoms with Gasteiger partial charge < -0.3 is 9.84 Å². The van der Waals surface area contributed by atoms with E-state index in [9.17, 15) is 14.7 Å². The van der Waals surface area contributed by atoms with Gasteiger partial charge in [-0.2, -0.15) is 0 Å². The smallest absolute Gasteiger partial charge is 0.334 e. The van der Waals surface area contributed by atoms with Crippen LogP contribution >= 0.6 is 0 Å². The number of ether oxygens (including phenoxy) is 1. The van der Waals surface area contributed by atoms with E-state index < -0.39 is 16.6 Å². The van der Waals surface area contributed by atoms with Crippen LogP contribution in [0, 0.1) is 34.5 Å². The van der Waals surface area contributed by atoms with Gasteiger partial charge in [0.25, 0.3) is 0 Å². The molecular weight excluding hydrogens is 436 g/mol. The molecule has 5 fully saturated rings. The number of esters is 1. The summed E-state index contributed by atoms with van der Waals surface area (Å²) in [5.74, 6) is 1.84. The van der Waals surface area contributed by atoms with Gasteiger partial charge in [0.2, 0.25) is 0 Å². The summed E-state index contributed by atoms with van der Waals surface area (Å²) in [6, 6.07) is 0. The number of aliphatic hydroxyl groups is 1. The van der Waals surface area contributed by atoms with Crippen LogP contribution in [0.3, 0.4) is 0 Å². The second-order valence-corrected chi connectivity index (χ2v) is 13.7. The van der Waals surface area contributed by atoms with E-state index >= 15 is 0 Å². The first-order valence-corrected chi connectivity index (χ1v) is 14.8. The van der Waals surface area contributed by atoms with Crippen molar-refractivity contribution in [2.24, 2.45) is 34.5 Å². The molecule has 0 bridgehead atoms. The van der Waals surface area contributed by atoms with Crippen molar-refractivity contribution in [1.29, 1.82) is 0 Å². The maximum absolute atomic E-state index is 13.8. The lowest BCUT2D eigenvalue weighted by Gasteiger charge is -2.64. The highest BCUT2D eigenvalue weighted by molar-refractivity contribution is 5.92. The molecule has 1 N–H and O–H groups in total. The van der Waals surface area contributed by atoms with Crippen molar-refractivity contribution < 1.29 is 19.4 Å². The molecule has 0 aromatic carbocycles. The number of carbonyl (C=O) groups is 2. The molecule has 0 aromatic heterocycles. The van der Waals surface area contributed by atoms with E-state index in [1.807, 2.05) is 0 Å². The Kier molecular flexibility index (Phi) is 6.55.